The summed E-state index contributed by atoms with van der Waals surface area (Å²) in [5.41, 5.74) is -0.0801. The topological polar surface area (TPSA) is 35.5 Å². The number of hydrogen-bond donors (Lipinski definition) is 2. The summed E-state index contributed by atoms with van der Waals surface area (Å²) >= 11 is 0. The molecule has 0 aromatic rings. The molecule has 2 fully saturated rings. The fraction of sp³-hybridized carbons (Fsp3) is 1.00. The first kappa shape index (κ1) is 15.3. The highest BCUT2D eigenvalue weighted by Gasteiger charge is 2.32. The molecule has 0 bridgehead atoms. The van der Waals surface area contributed by atoms with Crippen LogP contribution in [0, 0.1) is 0 Å². The van der Waals surface area contributed by atoms with Gasteiger partial charge in [-0.1, -0.05) is 26.2 Å². The Balaban J connectivity index is 1.79. The second-order valence-corrected chi connectivity index (χ2v) is 6.81. The minimum Gasteiger partial charge on any atom is -0.394 e. The average Bonchev–Trinajstić information content (AvgIpc) is 3.24. The second kappa shape index (κ2) is 7.05. The van der Waals surface area contributed by atoms with E-state index in [1.165, 1.54) is 44.9 Å². The van der Waals surface area contributed by atoms with E-state index < -0.39 is 0 Å². The number of nitrogens with zero attached hydrogens (tertiary/aromatic N) is 1. The van der Waals surface area contributed by atoms with E-state index in [0.29, 0.717) is 6.04 Å². The summed E-state index contributed by atoms with van der Waals surface area (Å²) in [6.45, 7) is 6.98. The van der Waals surface area contributed by atoms with E-state index in [1.807, 2.05) is 0 Å². The minimum absolute atomic E-state index is 0.0801. The largest absolute Gasteiger partial charge is 0.394 e. The van der Waals surface area contributed by atoms with Crippen LogP contribution in [0.25, 0.3) is 0 Å². The molecule has 112 valence electrons. The first-order valence-corrected chi connectivity index (χ1v) is 8.29. The molecule has 0 aliphatic heterocycles. The normalized spacial score (nSPS) is 24.6. The summed E-state index contributed by atoms with van der Waals surface area (Å²) in [6.07, 6.45) is 10.6. The molecule has 2 rings (SSSR count). The van der Waals surface area contributed by atoms with Crippen molar-refractivity contribution in [2.75, 3.05) is 19.7 Å². The monoisotopic (exact) mass is 268 g/mol. The highest BCUT2D eigenvalue weighted by molar-refractivity contribution is 4.93. The zero-order valence-electron chi connectivity index (χ0n) is 12.8. The number of nitrogens with one attached hydrogen (secondary N) is 1. The number of rotatable bonds is 8. The molecule has 0 spiro atoms. The molecule has 1 atom stereocenters. The molecule has 2 N–H and O–H groups in total. The molecule has 19 heavy (non-hydrogen) atoms. The van der Waals surface area contributed by atoms with E-state index in [2.05, 4.69) is 24.1 Å². The third kappa shape index (κ3) is 4.73. The third-order valence-corrected chi connectivity index (χ3v) is 4.93. The fourth-order valence-corrected chi connectivity index (χ4v) is 3.35. The Morgan fingerprint density at radius 3 is 2.37 bits per heavy atom. The van der Waals surface area contributed by atoms with Crippen molar-refractivity contribution in [1.82, 2.24) is 10.2 Å². The molecule has 3 nitrogen and oxygen atoms in total. The van der Waals surface area contributed by atoms with Gasteiger partial charge in [0.1, 0.15) is 0 Å². The molecule has 0 aromatic heterocycles. The van der Waals surface area contributed by atoms with Crippen LogP contribution in [0.4, 0.5) is 0 Å². The lowest BCUT2D eigenvalue weighted by molar-refractivity contribution is 0.115. The Bertz CT molecular complexity index is 261. The van der Waals surface area contributed by atoms with Gasteiger partial charge in [0.2, 0.25) is 0 Å². The van der Waals surface area contributed by atoms with Gasteiger partial charge in [0, 0.05) is 24.2 Å². The van der Waals surface area contributed by atoms with Crippen LogP contribution in [0.1, 0.15) is 65.2 Å². The Kier molecular flexibility index (Phi) is 5.67. The van der Waals surface area contributed by atoms with Gasteiger partial charge >= 0.3 is 0 Å². The van der Waals surface area contributed by atoms with Gasteiger partial charge in [-0.3, -0.25) is 0 Å². The predicted octanol–water partition coefficient (Wildman–Crippen LogP) is 2.53. The molecule has 0 heterocycles. The van der Waals surface area contributed by atoms with Crippen molar-refractivity contribution in [2.24, 2.45) is 0 Å². The van der Waals surface area contributed by atoms with Gasteiger partial charge in [-0.15, -0.1) is 0 Å². The third-order valence-electron chi connectivity index (χ3n) is 4.93. The van der Waals surface area contributed by atoms with Crippen LogP contribution in [0.5, 0.6) is 0 Å². The van der Waals surface area contributed by atoms with Crippen molar-refractivity contribution in [3.05, 3.63) is 0 Å². The Morgan fingerprint density at radius 2 is 1.84 bits per heavy atom. The van der Waals surface area contributed by atoms with Gasteiger partial charge in [0.25, 0.3) is 0 Å². The summed E-state index contributed by atoms with van der Waals surface area (Å²) in [5, 5.41) is 13.3. The predicted molar refractivity (Wildman–Crippen MR) is 80.4 cm³/mol. The zero-order valence-corrected chi connectivity index (χ0v) is 12.8. The highest BCUT2D eigenvalue weighted by atomic mass is 16.3. The lowest BCUT2D eigenvalue weighted by Gasteiger charge is -2.37. The van der Waals surface area contributed by atoms with E-state index in [0.717, 1.165) is 25.6 Å². The average molecular weight is 268 g/mol. The number of hydrogen-bond acceptors (Lipinski definition) is 3. The van der Waals surface area contributed by atoms with Crippen molar-refractivity contribution >= 4 is 0 Å². The molecule has 0 radical (unpaired) electrons. The van der Waals surface area contributed by atoms with Crippen molar-refractivity contribution in [1.29, 1.82) is 0 Å². The van der Waals surface area contributed by atoms with Crippen LogP contribution in [-0.2, 0) is 0 Å². The van der Waals surface area contributed by atoms with E-state index in [1.54, 1.807) is 0 Å². The van der Waals surface area contributed by atoms with Crippen molar-refractivity contribution in [2.45, 2.75) is 82.8 Å². The molecule has 2 aliphatic carbocycles. The van der Waals surface area contributed by atoms with Crippen LogP contribution in [0.2, 0.25) is 0 Å². The Morgan fingerprint density at radius 1 is 1.16 bits per heavy atom. The van der Waals surface area contributed by atoms with Crippen molar-refractivity contribution in [3.63, 3.8) is 0 Å². The highest BCUT2D eigenvalue weighted by Crippen LogP contribution is 2.26. The first-order chi connectivity index (χ1) is 9.17. The summed E-state index contributed by atoms with van der Waals surface area (Å²) in [4.78, 5) is 2.64. The molecular weight excluding hydrogens is 236 g/mol. The van der Waals surface area contributed by atoms with Crippen LogP contribution >= 0.6 is 0 Å². The van der Waals surface area contributed by atoms with E-state index in [4.69, 9.17) is 0 Å². The Labute approximate surface area is 118 Å². The van der Waals surface area contributed by atoms with E-state index >= 15 is 0 Å². The molecule has 3 heteroatoms. The van der Waals surface area contributed by atoms with E-state index in [9.17, 15) is 5.11 Å². The number of aliphatic hydroxyl groups is 1. The van der Waals surface area contributed by atoms with Crippen LogP contribution in [-0.4, -0.2) is 47.3 Å². The smallest absolute Gasteiger partial charge is 0.0611 e. The Hall–Kier alpha value is -0.120. The van der Waals surface area contributed by atoms with Gasteiger partial charge in [-0.25, -0.2) is 0 Å². The molecule has 0 aromatic carbocycles. The summed E-state index contributed by atoms with van der Waals surface area (Å²) in [7, 11) is 0. The zero-order chi connectivity index (χ0) is 13.7. The van der Waals surface area contributed by atoms with Gasteiger partial charge in [0.15, 0.2) is 0 Å². The fourth-order valence-electron chi connectivity index (χ4n) is 3.35. The van der Waals surface area contributed by atoms with Crippen LogP contribution in [0.3, 0.4) is 0 Å². The molecule has 2 saturated carbocycles. The van der Waals surface area contributed by atoms with E-state index in [-0.39, 0.29) is 12.1 Å². The van der Waals surface area contributed by atoms with Crippen molar-refractivity contribution < 1.29 is 5.11 Å². The SMILES string of the molecule is CCN(CCC(C)(CO)NC1CC1)C1CCCCC1. The maximum absolute atomic E-state index is 9.68. The first-order valence-electron chi connectivity index (χ1n) is 8.29. The van der Waals surface area contributed by atoms with Gasteiger partial charge in [0.05, 0.1) is 6.61 Å². The van der Waals surface area contributed by atoms with Gasteiger partial charge < -0.3 is 15.3 Å². The molecule has 2 aliphatic rings. The van der Waals surface area contributed by atoms with Gasteiger partial charge in [-0.2, -0.15) is 0 Å². The lowest BCUT2D eigenvalue weighted by atomic mass is 9.92. The van der Waals surface area contributed by atoms with Crippen LogP contribution in [0.15, 0.2) is 0 Å². The molecule has 1 unspecified atom stereocenters. The molecule has 0 saturated heterocycles. The van der Waals surface area contributed by atoms with Crippen LogP contribution < -0.4 is 5.32 Å². The second-order valence-electron chi connectivity index (χ2n) is 6.81. The molecular formula is C16H32N2O. The van der Waals surface area contributed by atoms with Crippen molar-refractivity contribution in [3.8, 4) is 0 Å². The van der Waals surface area contributed by atoms with Gasteiger partial charge in [-0.05, 0) is 45.6 Å². The lowest BCUT2D eigenvalue weighted by Crippen LogP contribution is -2.50. The minimum atomic E-state index is -0.0801. The maximum Gasteiger partial charge on any atom is 0.0611 e. The quantitative estimate of drug-likeness (QED) is 0.710. The molecule has 0 amide bonds. The maximum atomic E-state index is 9.68. The summed E-state index contributed by atoms with van der Waals surface area (Å²) in [5.74, 6) is 0. The summed E-state index contributed by atoms with van der Waals surface area (Å²) in [6, 6.07) is 1.46. The number of aliphatic hydroxyl groups excluding tert-OH is 1. The summed E-state index contributed by atoms with van der Waals surface area (Å²) < 4.78 is 0. The standard InChI is InChI=1S/C16H32N2O/c1-3-18(15-7-5-4-6-8-15)12-11-16(2,13-19)17-14-9-10-14/h14-15,17,19H,3-13H2,1-2H3.